The molecule has 8 heteroatoms. The molecule has 0 saturated carbocycles. The molecule has 1 N–H and O–H groups in total. The van der Waals surface area contributed by atoms with Gasteiger partial charge >= 0.3 is 0 Å². The van der Waals surface area contributed by atoms with Crippen LogP contribution in [0.2, 0.25) is 0 Å². The first-order valence-electron chi connectivity index (χ1n) is 7.04. The van der Waals surface area contributed by atoms with Crippen LogP contribution in [0.3, 0.4) is 0 Å². The van der Waals surface area contributed by atoms with Crippen molar-refractivity contribution in [3.8, 4) is 5.69 Å². The Balaban J connectivity index is 1.98. The first-order chi connectivity index (χ1) is 11.3. The number of nitrogens with zero attached hydrogens (tertiary/aromatic N) is 2. The molecule has 1 aliphatic heterocycles. The van der Waals surface area contributed by atoms with Gasteiger partial charge in [0, 0.05) is 5.69 Å². The second kappa shape index (κ2) is 4.75. The van der Waals surface area contributed by atoms with Crippen molar-refractivity contribution in [2.45, 2.75) is 0 Å². The minimum absolute atomic E-state index is 0.0326. The minimum atomic E-state index is -3.46. The lowest BCUT2D eigenvalue weighted by atomic mass is 10.1. The minimum Gasteiger partial charge on any atom is -0.285 e. The molecule has 120 valence electrons. The lowest BCUT2D eigenvalue weighted by molar-refractivity contribution is 0.103. The lowest BCUT2D eigenvalue weighted by Gasteiger charge is -2.07. The van der Waals surface area contributed by atoms with Crippen LogP contribution in [-0.4, -0.2) is 30.0 Å². The van der Waals surface area contributed by atoms with E-state index in [0.29, 0.717) is 16.6 Å². The molecule has 0 spiro atoms. The van der Waals surface area contributed by atoms with Gasteiger partial charge in [0.05, 0.1) is 28.4 Å². The second-order valence-electron chi connectivity index (χ2n) is 5.53. The zero-order valence-corrected chi connectivity index (χ0v) is 13.3. The number of fused-ring (bicyclic) bond motifs is 4. The van der Waals surface area contributed by atoms with Crippen molar-refractivity contribution >= 4 is 32.4 Å². The zero-order chi connectivity index (χ0) is 17.1. The smallest absolute Gasteiger partial charge is 0.266 e. The Hall–Kier alpha value is -3.00. The van der Waals surface area contributed by atoms with Crippen molar-refractivity contribution in [3.05, 3.63) is 64.2 Å². The number of nitrogens with one attached hydrogen (secondary N) is 1. The van der Waals surface area contributed by atoms with E-state index in [1.807, 2.05) is 0 Å². The van der Waals surface area contributed by atoms with Gasteiger partial charge in [-0.1, -0.05) is 12.1 Å². The normalized spacial score (nSPS) is 13.0. The number of hydrogen-bond acceptors (Lipinski definition) is 5. The van der Waals surface area contributed by atoms with Gasteiger partial charge in [-0.25, -0.2) is 13.4 Å². The highest BCUT2D eigenvalue weighted by atomic mass is 32.2. The van der Waals surface area contributed by atoms with Gasteiger partial charge in [-0.2, -0.15) is 0 Å². The molecule has 0 fully saturated rings. The van der Waals surface area contributed by atoms with E-state index < -0.39 is 15.8 Å². The Labute approximate surface area is 136 Å². The van der Waals surface area contributed by atoms with Crippen molar-refractivity contribution in [1.29, 1.82) is 0 Å². The van der Waals surface area contributed by atoms with Gasteiger partial charge in [0.25, 0.3) is 5.56 Å². The zero-order valence-electron chi connectivity index (χ0n) is 12.5. The average molecular weight is 341 g/mol. The van der Waals surface area contributed by atoms with Gasteiger partial charge in [-0.3, -0.25) is 18.9 Å². The Morgan fingerprint density at radius 2 is 1.83 bits per heavy atom. The van der Waals surface area contributed by atoms with Crippen LogP contribution < -0.4 is 10.3 Å². The van der Waals surface area contributed by atoms with Crippen LogP contribution >= 0.6 is 0 Å². The van der Waals surface area contributed by atoms with E-state index >= 15 is 0 Å². The monoisotopic (exact) mass is 341 g/mol. The van der Waals surface area contributed by atoms with Crippen LogP contribution in [0.1, 0.15) is 16.2 Å². The molecule has 4 rings (SSSR count). The molecule has 0 bridgehead atoms. The Morgan fingerprint density at radius 1 is 1.08 bits per heavy atom. The molecule has 3 aromatic rings. The van der Waals surface area contributed by atoms with E-state index in [9.17, 15) is 18.0 Å². The van der Waals surface area contributed by atoms with Crippen LogP contribution in [0.15, 0.2) is 47.3 Å². The number of para-hydroxylation sites is 1. The summed E-state index contributed by atoms with van der Waals surface area (Å²) in [5.41, 5.74) is 1.02. The summed E-state index contributed by atoms with van der Waals surface area (Å²) in [6.07, 6.45) is 1.02. The van der Waals surface area contributed by atoms with Gasteiger partial charge < -0.3 is 0 Å². The summed E-state index contributed by atoms with van der Waals surface area (Å²) in [4.78, 5) is 29.6. The van der Waals surface area contributed by atoms with Crippen molar-refractivity contribution < 1.29 is 13.2 Å². The SMILES string of the molecule is CS(=O)(=O)Nc1ccc2c(c1)C(=O)c1nc3ccccc3c(=O)n1-2. The summed E-state index contributed by atoms with van der Waals surface area (Å²) in [5.74, 6) is -0.379. The number of rotatable bonds is 2. The topological polar surface area (TPSA) is 98.1 Å². The fourth-order valence-corrected chi connectivity index (χ4v) is 3.37. The van der Waals surface area contributed by atoms with E-state index in [2.05, 4.69) is 9.71 Å². The molecule has 2 aromatic carbocycles. The Kier molecular flexibility index (Phi) is 2.88. The first kappa shape index (κ1) is 14.6. The summed E-state index contributed by atoms with van der Waals surface area (Å²) in [6.45, 7) is 0. The number of ketones is 1. The maximum atomic E-state index is 12.7. The third kappa shape index (κ3) is 2.11. The molecule has 7 nitrogen and oxygen atoms in total. The largest absolute Gasteiger partial charge is 0.285 e. The number of aromatic nitrogens is 2. The molecule has 0 amide bonds. The summed E-state index contributed by atoms with van der Waals surface area (Å²) >= 11 is 0. The van der Waals surface area contributed by atoms with Crippen LogP contribution in [0, 0.1) is 0 Å². The third-order valence-electron chi connectivity index (χ3n) is 3.76. The standard InChI is InChI=1S/C16H11N3O4S/c1-24(22,23)18-9-6-7-13-11(8-9)14(20)15-17-12-5-3-2-4-10(12)16(21)19(13)15/h2-8,18H,1H3. The Bertz CT molecular complexity index is 1200. The van der Waals surface area contributed by atoms with Gasteiger partial charge in [0.15, 0.2) is 5.82 Å². The maximum absolute atomic E-state index is 12.7. The van der Waals surface area contributed by atoms with E-state index in [1.54, 1.807) is 24.3 Å². The van der Waals surface area contributed by atoms with E-state index in [0.717, 1.165) is 6.26 Å². The number of sulfonamides is 1. The molecular formula is C16H11N3O4S. The molecular weight excluding hydrogens is 330 g/mol. The molecule has 0 atom stereocenters. The third-order valence-corrected chi connectivity index (χ3v) is 4.37. The van der Waals surface area contributed by atoms with Gasteiger partial charge in [0.2, 0.25) is 15.8 Å². The highest BCUT2D eigenvalue weighted by Crippen LogP contribution is 2.28. The number of benzene rings is 2. The molecule has 1 aliphatic rings. The van der Waals surface area contributed by atoms with Crippen LogP contribution in [-0.2, 0) is 10.0 Å². The van der Waals surface area contributed by atoms with Crippen molar-refractivity contribution in [2.75, 3.05) is 11.0 Å². The predicted octanol–water partition coefficient (Wildman–Crippen LogP) is 1.30. The highest BCUT2D eigenvalue weighted by Gasteiger charge is 2.30. The fraction of sp³-hybridized carbons (Fsp3) is 0.0625. The molecule has 0 saturated heterocycles. The lowest BCUT2D eigenvalue weighted by Crippen LogP contribution is -2.21. The second-order valence-corrected chi connectivity index (χ2v) is 7.28. The van der Waals surface area contributed by atoms with Gasteiger partial charge in [-0.05, 0) is 30.3 Å². The molecule has 24 heavy (non-hydrogen) atoms. The van der Waals surface area contributed by atoms with Gasteiger partial charge in [0.1, 0.15) is 0 Å². The summed E-state index contributed by atoms with van der Waals surface area (Å²) in [5, 5.41) is 0.417. The first-order valence-corrected chi connectivity index (χ1v) is 8.93. The quantitative estimate of drug-likeness (QED) is 0.593. The van der Waals surface area contributed by atoms with Crippen molar-refractivity contribution in [1.82, 2.24) is 9.55 Å². The van der Waals surface area contributed by atoms with E-state index in [1.165, 1.54) is 22.8 Å². The summed E-state index contributed by atoms with van der Waals surface area (Å²) in [7, 11) is -3.46. The number of carbonyl (C=O) groups excluding carboxylic acids is 1. The number of hydrogen-bond donors (Lipinski definition) is 1. The molecule has 1 aromatic heterocycles. The number of anilines is 1. The predicted molar refractivity (Wildman–Crippen MR) is 89.2 cm³/mol. The van der Waals surface area contributed by atoms with Crippen molar-refractivity contribution in [2.24, 2.45) is 0 Å². The van der Waals surface area contributed by atoms with E-state index in [-0.39, 0.29) is 22.6 Å². The van der Waals surface area contributed by atoms with Gasteiger partial charge in [-0.15, -0.1) is 0 Å². The molecule has 0 radical (unpaired) electrons. The molecule has 2 heterocycles. The maximum Gasteiger partial charge on any atom is 0.266 e. The van der Waals surface area contributed by atoms with Crippen LogP contribution in [0.5, 0.6) is 0 Å². The number of carbonyl (C=O) groups is 1. The molecule has 0 unspecified atom stereocenters. The summed E-state index contributed by atoms with van der Waals surface area (Å²) < 4.78 is 26.3. The molecule has 0 aliphatic carbocycles. The van der Waals surface area contributed by atoms with Crippen LogP contribution in [0.25, 0.3) is 16.6 Å². The van der Waals surface area contributed by atoms with E-state index in [4.69, 9.17) is 0 Å². The summed E-state index contributed by atoms with van der Waals surface area (Å²) in [6, 6.07) is 11.3. The Morgan fingerprint density at radius 3 is 2.58 bits per heavy atom. The van der Waals surface area contributed by atoms with Crippen LogP contribution in [0.4, 0.5) is 5.69 Å². The highest BCUT2D eigenvalue weighted by molar-refractivity contribution is 7.92. The average Bonchev–Trinajstić information content (AvgIpc) is 2.79. The van der Waals surface area contributed by atoms with Crippen molar-refractivity contribution in [3.63, 3.8) is 0 Å². The fourth-order valence-electron chi connectivity index (χ4n) is 2.82.